The van der Waals surface area contributed by atoms with Crippen molar-refractivity contribution in [3.8, 4) is 0 Å². The van der Waals surface area contributed by atoms with Gasteiger partial charge in [-0.15, -0.1) is 12.4 Å². The van der Waals surface area contributed by atoms with E-state index in [1.165, 1.54) is 0 Å². The molecule has 2 rings (SSSR count). The summed E-state index contributed by atoms with van der Waals surface area (Å²) in [5, 5.41) is 10.3. The van der Waals surface area contributed by atoms with E-state index in [0.29, 0.717) is 6.54 Å². The Morgan fingerprint density at radius 1 is 1.71 bits per heavy atom. The maximum absolute atomic E-state index is 12.0. The molecule has 5 nitrogen and oxygen atoms in total. The number of hydrogen-bond donors (Lipinski definition) is 2. The summed E-state index contributed by atoms with van der Waals surface area (Å²) < 4.78 is 1.77. The standard InChI is InChI=1S/C11H18N4O.ClH/c1-11(4-6-12-8-11)10(16)13-7-9-3-5-14-15(9)2;/h3,5,12H,4,6-8H2,1-2H3,(H,13,16);1H. The summed E-state index contributed by atoms with van der Waals surface area (Å²) >= 11 is 0. The van der Waals surface area contributed by atoms with Gasteiger partial charge in [-0.1, -0.05) is 0 Å². The number of rotatable bonds is 3. The molecule has 1 unspecified atom stereocenters. The van der Waals surface area contributed by atoms with Crippen LogP contribution in [0.5, 0.6) is 0 Å². The lowest BCUT2D eigenvalue weighted by Crippen LogP contribution is -2.40. The van der Waals surface area contributed by atoms with E-state index >= 15 is 0 Å². The monoisotopic (exact) mass is 258 g/mol. The summed E-state index contributed by atoms with van der Waals surface area (Å²) in [5.74, 6) is 0.124. The third-order valence-electron chi connectivity index (χ3n) is 3.27. The van der Waals surface area contributed by atoms with E-state index < -0.39 is 0 Å². The number of nitrogens with one attached hydrogen (secondary N) is 2. The molecule has 1 saturated heterocycles. The minimum absolute atomic E-state index is 0. The maximum Gasteiger partial charge on any atom is 0.227 e. The van der Waals surface area contributed by atoms with Crippen molar-refractivity contribution >= 4 is 18.3 Å². The van der Waals surface area contributed by atoms with Crippen LogP contribution in [-0.2, 0) is 18.4 Å². The van der Waals surface area contributed by atoms with Crippen molar-refractivity contribution in [3.05, 3.63) is 18.0 Å². The molecule has 2 heterocycles. The molecule has 0 radical (unpaired) electrons. The van der Waals surface area contributed by atoms with Gasteiger partial charge in [0.05, 0.1) is 17.7 Å². The van der Waals surface area contributed by atoms with Gasteiger partial charge in [-0.2, -0.15) is 5.10 Å². The molecule has 0 spiro atoms. The summed E-state index contributed by atoms with van der Waals surface area (Å²) in [6.45, 7) is 4.25. The molecule has 0 saturated carbocycles. The van der Waals surface area contributed by atoms with Crippen LogP contribution in [0.1, 0.15) is 19.0 Å². The molecule has 1 aliphatic heterocycles. The zero-order chi connectivity index (χ0) is 11.6. The number of nitrogens with zero attached hydrogens (tertiary/aromatic N) is 2. The number of halogens is 1. The number of amides is 1. The molecule has 6 heteroatoms. The Morgan fingerprint density at radius 2 is 2.47 bits per heavy atom. The van der Waals surface area contributed by atoms with Gasteiger partial charge in [0.1, 0.15) is 0 Å². The van der Waals surface area contributed by atoms with E-state index in [2.05, 4.69) is 15.7 Å². The Hall–Kier alpha value is -1.07. The molecule has 1 amide bonds. The Morgan fingerprint density at radius 3 is 3.00 bits per heavy atom. The van der Waals surface area contributed by atoms with E-state index in [9.17, 15) is 4.79 Å². The molecule has 0 bridgehead atoms. The number of aryl methyl sites for hydroxylation is 1. The van der Waals surface area contributed by atoms with Crippen LogP contribution < -0.4 is 10.6 Å². The highest BCUT2D eigenvalue weighted by molar-refractivity contribution is 5.85. The van der Waals surface area contributed by atoms with E-state index in [1.807, 2.05) is 20.0 Å². The molecule has 1 aromatic rings. The Bertz CT molecular complexity index is 385. The molecule has 1 aliphatic rings. The van der Waals surface area contributed by atoms with Crippen LogP contribution >= 0.6 is 12.4 Å². The van der Waals surface area contributed by atoms with Crippen molar-refractivity contribution in [1.29, 1.82) is 0 Å². The molecule has 96 valence electrons. The molecule has 0 aromatic carbocycles. The third kappa shape index (κ3) is 2.98. The van der Waals surface area contributed by atoms with Gasteiger partial charge in [0.25, 0.3) is 0 Å². The molecule has 17 heavy (non-hydrogen) atoms. The van der Waals surface area contributed by atoms with Crippen LogP contribution in [0.4, 0.5) is 0 Å². The molecule has 1 fully saturated rings. The van der Waals surface area contributed by atoms with Crippen molar-refractivity contribution in [2.24, 2.45) is 12.5 Å². The van der Waals surface area contributed by atoms with Gasteiger partial charge in [-0.3, -0.25) is 9.48 Å². The van der Waals surface area contributed by atoms with Crippen LogP contribution in [-0.4, -0.2) is 28.8 Å². The normalized spacial score (nSPS) is 23.2. The number of hydrogen-bond acceptors (Lipinski definition) is 3. The second-order valence-corrected chi connectivity index (χ2v) is 4.62. The van der Waals surface area contributed by atoms with Crippen LogP contribution in [0, 0.1) is 5.41 Å². The van der Waals surface area contributed by atoms with E-state index in [-0.39, 0.29) is 23.7 Å². The van der Waals surface area contributed by atoms with Gasteiger partial charge in [-0.05, 0) is 26.0 Å². The first-order valence-electron chi connectivity index (χ1n) is 5.58. The number of carbonyl (C=O) groups is 1. The smallest absolute Gasteiger partial charge is 0.227 e. The van der Waals surface area contributed by atoms with Crippen LogP contribution in [0.25, 0.3) is 0 Å². The largest absolute Gasteiger partial charge is 0.350 e. The molecule has 1 atom stereocenters. The summed E-state index contributed by atoms with van der Waals surface area (Å²) in [5.41, 5.74) is 0.765. The topological polar surface area (TPSA) is 59.0 Å². The van der Waals surface area contributed by atoms with Gasteiger partial charge in [0.15, 0.2) is 0 Å². The van der Waals surface area contributed by atoms with Gasteiger partial charge in [-0.25, -0.2) is 0 Å². The van der Waals surface area contributed by atoms with Crippen LogP contribution in [0.15, 0.2) is 12.3 Å². The zero-order valence-corrected chi connectivity index (χ0v) is 11.0. The molecule has 1 aromatic heterocycles. The number of carbonyl (C=O) groups excluding carboxylic acids is 1. The Balaban J connectivity index is 0.00000144. The molecule has 0 aliphatic carbocycles. The van der Waals surface area contributed by atoms with E-state index in [0.717, 1.165) is 25.2 Å². The van der Waals surface area contributed by atoms with Gasteiger partial charge in [0.2, 0.25) is 5.91 Å². The number of aromatic nitrogens is 2. The predicted molar refractivity (Wildman–Crippen MR) is 67.9 cm³/mol. The van der Waals surface area contributed by atoms with Crippen molar-refractivity contribution in [2.45, 2.75) is 19.9 Å². The highest BCUT2D eigenvalue weighted by Gasteiger charge is 2.35. The molecular formula is C11H19ClN4O. The summed E-state index contributed by atoms with van der Waals surface area (Å²) in [4.78, 5) is 12.0. The fourth-order valence-electron chi connectivity index (χ4n) is 1.97. The first-order valence-corrected chi connectivity index (χ1v) is 5.58. The summed E-state index contributed by atoms with van der Waals surface area (Å²) in [6.07, 6.45) is 2.64. The first kappa shape index (κ1) is 14.0. The van der Waals surface area contributed by atoms with Gasteiger partial charge < -0.3 is 10.6 Å². The van der Waals surface area contributed by atoms with Crippen molar-refractivity contribution in [3.63, 3.8) is 0 Å². The summed E-state index contributed by atoms with van der Waals surface area (Å²) in [7, 11) is 1.88. The average Bonchev–Trinajstić information content (AvgIpc) is 2.85. The van der Waals surface area contributed by atoms with Crippen molar-refractivity contribution < 1.29 is 4.79 Å². The van der Waals surface area contributed by atoms with Crippen molar-refractivity contribution in [2.75, 3.05) is 13.1 Å². The predicted octanol–water partition coefficient (Wildman–Crippen LogP) is 0.458. The van der Waals surface area contributed by atoms with E-state index in [1.54, 1.807) is 10.9 Å². The lowest BCUT2D eigenvalue weighted by atomic mass is 9.89. The van der Waals surface area contributed by atoms with Crippen molar-refractivity contribution in [1.82, 2.24) is 20.4 Å². The fourth-order valence-corrected chi connectivity index (χ4v) is 1.97. The first-order chi connectivity index (χ1) is 7.62. The minimum Gasteiger partial charge on any atom is -0.350 e. The Kier molecular flexibility index (Phi) is 4.54. The van der Waals surface area contributed by atoms with Gasteiger partial charge >= 0.3 is 0 Å². The quantitative estimate of drug-likeness (QED) is 0.828. The minimum atomic E-state index is -0.251. The summed E-state index contributed by atoms with van der Waals surface area (Å²) in [6, 6.07) is 1.91. The zero-order valence-electron chi connectivity index (χ0n) is 10.2. The molecular weight excluding hydrogens is 240 g/mol. The highest BCUT2D eigenvalue weighted by atomic mass is 35.5. The highest BCUT2D eigenvalue weighted by Crippen LogP contribution is 2.24. The lowest BCUT2D eigenvalue weighted by molar-refractivity contribution is -0.129. The average molecular weight is 259 g/mol. The van der Waals surface area contributed by atoms with Crippen LogP contribution in [0.3, 0.4) is 0 Å². The second kappa shape index (κ2) is 5.51. The van der Waals surface area contributed by atoms with E-state index in [4.69, 9.17) is 0 Å². The molecule has 2 N–H and O–H groups in total. The fraction of sp³-hybridized carbons (Fsp3) is 0.636. The Labute approximate surface area is 107 Å². The third-order valence-corrected chi connectivity index (χ3v) is 3.27. The van der Waals surface area contributed by atoms with Gasteiger partial charge in [0, 0.05) is 19.8 Å². The SMILES string of the molecule is Cl.Cn1nccc1CNC(=O)C1(C)CCNC1. The lowest BCUT2D eigenvalue weighted by Gasteiger charge is -2.21. The van der Waals surface area contributed by atoms with Crippen LogP contribution in [0.2, 0.25) is 0 Å². The maximum atomic E-state index is 12.0. The second-order valence-electron chi connectivity index (χ2n) is 4.62.